The van der Waals surface area contributed by atoms with Gasteiger partial charge in [0, 0.05) is 25.0 Å². The van der Waals surface area contributed by atoms with E-state index in [1.165, 1.54) is 5.56 Å². The van der Waals surface area contributed by atoms with E-state index < -0.39 is 0 Å². The van der Waals surface area contributed by atoms with Crippen LogP contribution in [0.1, 0.15) is 36.3 Å². The lowest BCUT2D eigenvalue weighted by atomic mass is 9.63. The first-order valence-corrected chi connectivity index (χ1v) is 8.86. The largest absolute Gasteiger partial charge is 0.340 e. The zero-order valence-electron chi connectivity index (χ0n) is 13.9. The summed E-state index contributed by atoms with van der Waals surface area (Å²) in [7, 11) is 0. The third-order valence-electron chi connectivity index (χ3n) is 5.82. The molecular weight excluding hydrogens is 296 g/mol. The molecule has 1 amide bonds. The highest BCUT2D eigenvalue weighted by molar-refractivity contribution is 5.89. The van der Waals surface area contributed by atoms with E-state index in [1.807, 2.05) is 41.3 Å². The molecule has 3 nitrogen and oxygen atoms in total. The number of hydrogen-bond donors (Lipinski definition) is 1. The quantitative estimate of drug-likeness (QED) is 0.945. The first kappa shape index (κ1) is 15.4. The minimum Gasteiger partial charge on any atom is -0.340 e. The number of hydrogen-bond acceptors (Lipinski definition) is 2. The van der Waals surface area contributed by atoms with Crippen LogP contribution in [-0.4, -0.2) is 29.9 Å². The molecule has 2 aliphatic rings. The molecule has 0 spiro atoms. The average molecular weight is 320 g/mol. The molecule has 0 aromatic heterocycles. The fourth-order valence-electron chi connectivity index (χ4n) is 4.26. The summed E-state index contributed by atoms with van der Waals surface area (Å²) in [4.78, 5) is 15.4. The molecule has 1 saturated heterocycles. The molecule has 4 rings (SSSR count). The Labute approximate surface area is 143 Å². The number of carbonyl (C=O) groups excluding carboxylic acids is 1. The Hall–Kier alpha value is -2.13. The molecule has 1 heterocycles. The Balaban J connectivity index is 1.57. The Morgan fingerprint density at radius 2 is 1.58 bits per heavy atom. The fourth-order valence-corrected chi connectivity index (χ4v) is 4.26. The van der Waals surface area contributed by atoms with Crippen molar-refractivity contribution in [2.24, 2.45) is 5.73 Å². The number of benzene rings is 2. The van der Waals surface area contributed by atoms with Crippen LogP contribution in [0.2, 0.25) is 0 Å². The highest BCUT2D eigenvalue weighted by Crippen LogP contribution is 2.46. The number of rotatable bonds is 3. The van der Waals surface area contributed by atoms with Gasteiger partial charge >= 0.3 is 0 Å². The predicted molar refractivity (Wildman–Crippen MR) is 95.7 cm³/mol. The Morgan fingerprint density at radius 3 is 2.17 bits per heavy atom. The molecule has 1 aliphatic heterocycles. The van der Waals surface area contributed by atoms with E-state index in [9.17, 15) is 4.79 Å². The zero-order valence-corrected chi connectivity index (χ0v) is 13.9. The number of carbonyl (C=O) groups is 1. The lowest BCUT2D eigenvalue weighted by Crippen LogP contribution is -2.50. The minimum absolute atomic E-state index is 0.0178. The maximum absolute atomic E-state index is 13.3. The van der Waals surface area contributed by atoms with Gasteiger partial charge in [0.15, 0.2) is 0 Å². The van der Waals surface area contributed by atoms with Crippen molar-refractivity contribution in [1.82, 2.24) is 4.90 Å². The van der Waals surface area contributed by atoms with Crippen LogP contribution >= 0.6 is 0 Å². The number of likely N-dealkylation sites (tertiary alicyclic amines) is 1. The Kier molecular flexibility index (Phi) is 3.89. The van der Waals surface area contributed by atoms with Crippen LogP contribution in [0.5, 0.6) is 0 Å². The van der Waals surface area contributed by atoms with Gasteiger partial charge in [0.2, 0.25) is 5.91 Å². The van der Waals surface area contributed by atoms with Gasteiger partial charge in [-0.1, -0.05) is 67.1 Å². The lowest BCUT2D eigenvalue weighted by Gasteiger charge is -2.43. The molecule has 2 aromatic carbocycles. The summed E-state index contributed by atoms with van der Waals surface area (Å²) >= 11 is 0. The molecule has 0 unspecified atom stereocenters. The molecule has 24 heavy (non-hydrogen) atoms. The summed E-state index contributed by atoms with van der Waals surface area (Å²) in [5.41, 5.74) is 8.48. The van der Waals surface area contributed by atoms with Crippen molar-refractivity contribution < 1.29 is 4.79 Å². The van der Waals surface area contributed by atoms with Crippen LogP contribution in [0.15, 0.2) is 60.7 Å². The summed E-state index contributed by atoms with van der Waals surface area (Å²) in [5.74, 6) is 0.511. The van der Waals surface area contributed by atoms with Crippen LogP contribution in [0.25, 0.3) is 0 Å². The van der Waals surface area contributed by atoms with E-state index in [4.69, 9.17) is 5.73 Å². The highest BCUT2D eigenvalue weighted by Gasteiger charge is 2.49. The molecule has 0 radical (unpaired) electrons. The van der Waals surface area contributed by atoms with Crippen molar-refractivity contribution in [2.75, 3.05) is 13.1 Å². The monoisotopic (exact) mass is 320 g/mol. The van der Waals surface area contributed by atoms with Gasteiger partial charge in [0.25, 0.3) is 0 Å². The molecule has 0 bridgehead atoms. The van der Waals surface area contributed by atoms with Gasteiger partial charge in [0.1, 0.15) is 0 Å². The molecule has 2 aromatic rings. The zero-order chi connectivity index (χ0) is 16.6. The van der Waals surface area contributed by atoms with Gasteiger partial charge in [-0.05, 0) is 24.0 Å². The van der Waals surface area contributed by atoms with Gasteiger partial charge in [-0.15, -0.1) is 0 Å². The van der Waals surface area contributed by atoms with Crippen LogP contribution in [-0.2, 0) is 10.2 Å². The van der Waals surface area contributed by atoms with Crippen molar-refractivity contribution in [3.05, 3.63) is 71.8 Å². The van der Waals surface area contributed by atoms with E-state index in [2.05, 4.69) is 24.3 Å². The average Bonchev–Trinajstić information content (AvgIpc) is 2.97. The first-order chi connectivity index (χ1) is 11.7. The van der Waals surface area contributed by atoms with Crippen LogP contribution in [0.3, 0.4) is 0 Å². The van der Waals surface area contributed by atoms with Crippen LogP contribution in [0, 0.1) is 0 Å². The summed E-state index contributed by atoms with van der Waals surface area (Å²) in [6.07, 6.45) is 3.04. The Bertz CT molecular complexity index is 709. The van der Waals surface area contributed by atoms with E-state index >= 15 is 0 Å². The summed E-state index contributed by atoms with van der Waals surface area (Å²) in [6, 6.07) is 20.6. The van der Waals surface area contributed by atoms with Gasteiger partial charge in [-0.25, -0.2) is 0 Å². The normalized spacial score (nSPS) is 25.3. The molecule has 2 fully saturated rings. The van der Waals surface area contributed by atoms with Gasteiger partial charge in [-0.2, -0.15) is 0 Å². The first-order valence-electron chi connectivity index (χ1n) is 8.86. The summed E-state index contributed by atoms with van der Waals surface area (Å²) < 4.78 is 0. The molecule has 2 N–H and O–H groups in total. The van der Waals surface area contributed by atoms with Crippen molar-refractivity contribution in [2.45, 2.75) is 36.6 Å². The van der Waals surface area contributed by atoms with Crippen molar-refractivity contribution in [3.63, 3.8) is 0 Å². The SMILES string of the molecule is N[C@@H]1CN(C(=O)C2(c3ccccc3)CCC2)C[C@H]1c1ccccc1. The smallest absolute Gasteiger partial charge is 0.233 e. The lowest BCUT2D eigenvalue weighted by molar-refractivity contribution is -0.139. The number of amides is 1. The van der Waals surface area contributed by atoms with Crippen LogP contribution in [0.4, 0.5) is 0 Å². The summed E-state index contributed by atoms with van der Waals surface area (Å²) in [5, 5.41) is 0. The van der Waals surface area contributed by atoms with Gasteiger partial charge < -0.3 is 10.6 Å². The molecule has 2 atom stereocenters. The standard InChI is InChI=1S/C21H24N2O/c22-19-15-23(14-18(19)16-8-3-1-4-9-16)20(24)21(12-7-13-21)17-10-5-2-6-11-17/h1-6,8-11,18-19H,7,12-15,22H2/t18-,19+/m0/s1. The fraction of sp³-hybridized carbons (Fsp3) is 0.381. The van der Waals surface area contributed by atoms with E-state index in [0.717, 1.165) is 31.4 Å². The third kappa shape index (κ3) is 2.44. The van der Waals surface area contributed by atoms with Gasteiger partial charge in [0.05, 0.1) is 5.41 Å². The second kappa shape index (κ2) is 6.06. The molecule has 1 aliphatic carbocycles. The molecule has 1 saturated carbocycles. The van der Waals surface area contributed by atoms with E-state index in [0.29, 0.717) is 6.54 Å². The van der Waals surface area contributed by atoms with Crippen LogP contribution < -0.4 is 5.73 Å². The third-order valence-corrected chi connectivity index (χ3v) is 5.82. The van der Waals surface area contributed by atoms with E-state index in [1.54, 1.807) is 0 Å². The maximum Gasteiger partial charge on any atom is 0.233 e. The second-order valence-electron chi connectivity index (χ2n) is 7.19. The maximum atomic E-state index is 13.3. The van der Waals surface area contributed by atoms with Crippen molar-refractivity contribution in [1.29, 1.82) is 0 Å². The van der Waals surface area contributed by atoms with E-state index in [-0.39, 0.29) is 23.3 Å². The van der Waals surface area contributed by atoms with Gasteiger partial charge in [-0.3, -0.25) is 4.79 Å². The predicted octanol–water partition coefficient (Wildman–Crippen LogP) is 3.06. The minimum atomic E-state index is -0.313. The topological polar surface area (TPSA) is 46.3 Å². The number of nitrogens with two attached hydrogens (primary N) is 1. The van der Waals surface area contributed by atoms with Crippen molar-refractivity contribution in [3.8, 4) is 0 Å². The number of nitrogens with zero attached hydrogens (tertiary/aromatic N) is 1. The molecule has 3 heteroatoms. The Morgan fingerprint density at radius 1 is 0.958 bits per heavy atom. The second-order valence-corrected chi connectivity index (χ2v) is 7.19. The molecule has 124 valence electrons. The highest BCUT2D eigenvalue weighted by atomic mass is 16.2. The van der Waals surface area contributed by atoms with Crippen molar-refractivity contribution >= 4 is 5.91 Å². The molecular formula is C21H24N2O. The summed E-state index contributed by atoms with van der Waals surface area (Å²) in [6.45, 7) is 1.39.